The van der Waals surface area contributed by atoms with Crippen LogP contribution in [0.1, 0.15) is 30.9 Å². The predicted molar refractivity (Wildman–Crippen MR) is 94.3 cm³/mol. The van der Waals surface area contributed by atoms with E-state index in [-0.39, 0.29) is 6.04 Å². The van der Waals surface area contributed by atoms with Crippen LogP contribution in [0.4, 0.5) is 0 Å². The number of aliphatic carboxylic acids is 1. The highest BCUT2D eigenvalue weighted by atomic mass is 16.6. The van der Waals surface area contributed by atoms with Crippen molar-refractivity contribution in [2.75, 3.05) is 0 Å². The molecule has 0 amide bonds. The van der Waals surface area contributed by atoms with Gasteiger partial charge in [-0.15, -0.1) is 0 Å². The Balaban J connectivity index is 1.75. The lowest BCUT2D eigenvalue weighted by Crippen LogP contribution is -2.37. The minimum atomic E-state index is -0.786. The number of carboxylic acids is 1. The number of hydrogen-bond donors (Lipinski definition) is 2. The van der Waals surface area contributed by atoms with Gasteiger partial charge in [-0.25, -0.2) is 0 Å². The first kappa shape index (κ1) is 18.2. The van der Waals surface area contributed by atoms with E-state index in [9.17, 15) is 9.90 Å². The van der Waals surface area contributed by atoms with Gasteiger partial charge >= 0.3 is 5.97 Å². The Bertz CT molecular complexity index is 601. The van der Waals surface area contributed by atoms with E-state index in [4.69, 9.17) is 4.84 Å². The van der Waals surface area contributed by atoms with Crippen molar-refractivity contribution in [3.8, 4) is 0 Å². The molecule has 0 saturated carbocycles. The zero-order valence-electron chi connectivity index (χ0n) is 14.0. The number of benzene rings is 2. The molecule has 0 radical (unpaired) electrons. The summed E-state index contributed by atoms with van der Waals surface area (Å²) in [5.41, 5.74) is 5.17. The van der Waals surface area contributed by atoms with Crippen molar-refractivity contribution in [1.82, 2.24) is 5.48 Å². The molecule has 2 aromatic rings. The second-order valence-corrected chi connectivity index (χ2v) is 6.00. The van der Waals surface area contributed by atoms with Gasteiger partial charge in [0, 0.05) is 6.04 Å². The first-order chi connectivity index (χ1) is 11.7. The first-order valence-corrected chi connectivity index (χ1v) is 8.35. The van der Waals surface area contributed by atoms with E-state index in [1.54, 1.807) is 0 Å². The molecule has 4 nitrogen and oxygen atoms in total. The van der Waals surface area contributed by atoms with Crippen LogP contribution in [0.15, 0.2) is 60.7 Å². The molecular formula is C20H25NO3. The maximum Gasteiger partial charge on any atom is 0.308 e. The predicted octanol–water partition coefficient (Wildman–Crippen LogP) is 3.82. The van der Waals surface area contributed by atoms with E-state index in [1.807, 2.05) is 55.5 Å². The summed E-state index contributed by atoms with van der Waals surface area (Å²) in [7, 11) is 0. The van der Waals surface area contributed by atoms with E-state index in [2.05, 4.69) is 17.6 Å². The lowest BCUT2D eigenvalue weighted by Gasteiger charge is -2.21. The summed E-state index contributed by atoms with van der Waals surface area (Å²) in [5, 5.41) is 9.46. The van der Waals surface area contributed by atoms with E-state index < -0.39 is 11.9 Å². The third-order valence-electron chi connectivity index (χ3n) is 4.10. The van der Waals surface area contributed by atoms with Gasteiger partial charge in [-0.05, 0) is 37.3 Å². The molecule has 0 bridgehead atoms. The molecule has 0 aliphatic carbocycles. The summed E-state index contributed by atoms with van der Waals surface area (Å²) in [6, 6.07) is 19.7. The number of rotatable bonds is 10. The van der Waals surface area contributed by atoms with E-state index in [0.717, 1.165) is 18.4 Å². The minimum Gasteiger partial charge on any atom is -0.481 e. The monoisotopic (exact) mass is 327 g/mol. The van der Waals surface area contributed by atoms with Gasteiger partial charge < -0.3 is 5.11 Å². The van der Waals surface area contributed by atoms with Gasteiger partial charge in [0.25, 0.3) is 0 Å². The minimum absolute atomic E-state index is 0.248. The number of aryl methyl sites for hydroxylation is 1. The van der Waals surface area contributed by atoms with Gasteiger partial charge in [0.15, 0.2) is 0 Å². The number of nitrogens with one attached hydrogen (secondary N) is 1. The number of hydroxylamine groups is 1. The molecule has 2 unspecified atom stereocenters. The quantitative estimate of drug-likeness (QED) is 0.651. The van der Waals surface area contributed by atoms with Gasteiger partial charge in [-0.1, -0.05) is 60.7 Å². The first-order valence-electron chi connectivity index (χ1n) is 8.35. The van der Waals surface area contributed by atoms with Gasteiger partial charge in [-0.2, -0.15) is 5.48 Å². The Morgan fingerprint density at radius 1 is 1.04 bits per heavy atom. The molecule has 2 rings (SSSR count). The molecule has 0 heterocycles. The SMILES string of the molecule is CC(NOCc1ccccc1)C(CCCc1ccccc1)C(=O)O. The summed E-state index contributed by atoms with van der Waals surface area (Å²) in [4.78, 5) is 17.0. The summed E-state index contributed by atoms with van der Waals surface area (Å²) in [6.45, 7) is 2.27. The number of hydrogen-bond acceptors (Lipinski definition) is 3. The number of carboxylic acid groups (broad SMARTS) is 1. The Kier molecular flexibility index (Phi) is 7.46. The van der Waals surface area contributed by atoms with Crippen molar-refractivity contribution >= 4 is 5.97 Å². The zero-order valence-corrected chi connectivity index (χ0v) is 14.0. The number of carbonyl (C=O) groups is 1. The molecule has 0 aromatic heterocycles. The highest BCUT2D eigenvalue weighted by Gasteiger charge is 2.24. The largest absolute Gasteiger partial charge is 0.481 e. The fourth-order valence-corrected chi connectivity index (χ4v) is 2.67. The fraction of sp³-hybridized carbons (Fsp3) is 0.350. The van der Waals surface area contributed by atoms with Crippen LogP contribution in [0.5, 0.6) is 0 Å². The van der Waals surface area contributed by atoms with Gasteiger partial charge in [-0.3, -0.25) is 9.63 Å². The lowest BCUT2D eigenvalue weighted by atomic mass is 9.94. The van der Waals surface area contributed by atoms with Crippen LogP contribution in [0.3, 0.4) is 0 Å². The third-order valence-corrected chi connectivity index (χ3v) is 4.10. The highest BCUT2D eigenvalue weighted by Crippen LogP contribution is 2.15. The second-order valence-electron chi connectivity index (χ2n) is 6.00. The topological polar surface area (TPSA) is 58.6 Å². The van der Waals surface area contributed by atoms with Crippen LogP contribution in [-0.2, 0) is 22.7 Å². The van der Waals surface area contributed by atoms with Crippen LogP contribution < -0.4 is 5.48 Å². The molecule has 0 aliphatic rings. The van der Waals surface area contributed by atoms with Crippen molar-refractivity contribution in [2.45, 2.75) is 38.8 Å². The van der Waals surface area contributed by atoms with E-state index in [1.165, 1.54) is 5.56 Å². The molecule has 0 aliphatic heterocycles. The molecule has 0 saturated heterocycles. The second kappa shape index (κ2) is 9.85. The summed E-state index contributed by atoms with van der Waals surface area (Å²) < 4.78 is 0. The van der Waals surface area contributed by atoms with E-state index in [0.29, 0.717) is 13.0 Å². The van der Waals surface area contributed by atoms with Crippen LogP contribution >= 0.6 is 0 Å². The van der Waals surface area contributed by atoms with Gasteiger partial charge in [0.05, 0.1) is 12.5 Å². The third kappa shape index (κ3) is 6.14. The van der Waals surface area contributed by atoms with Gasteiger partial charge in [0.2, 0.25) is 0 Å². The summed E-state index contributed by atoms with van der Waals surface area (Å²) in [6.07, 6.45) is 2.35. The zero-order chi connectivity index (χ0) is 17.2. The maximum atomic E-state index is 11.5. The van der Waals surface area contributed by atoms with E-state index >= 15 is 0 Å². The molecule has 2 N–H and O–H groups in total. The molecular weight excluding hydrogens is 302 g/mol. The molecule has 128 valence electrons. The average molecular weight is 327 g/mol. The van der Waals surface area contributed by atoms with Crippen LogP contribution in [0.2, 0.25) is 0 Å². The van der Waals surface area contributed by atoms with Crippen molar-refractivity contribution in [2.24, 2.45) is 5.92 Å². The Morgan fingerprint density at radius 2 is 1.62 bits per heavy atom. The molecule has 2 atom stereocenters. The normalized spacial score (nSPS) is 13.4. The molecule has 0 fully saturated rings. The average Bonchev–Trinajstić information content (AvgIpc) is 2.60. The lowest BCUT2D eigenvalue weighted by molar-refractivity contribution is -0.145. The van der Waals surface area contributed by atoms with Crippen molar-refractivity contribution in [1.29, 1.82) is 0 Å². The summed E-state index contributed by atoms with van der Waals surface area (Å²) >= 11 is 0. The highest BCUT2D eigenvalue weighted by molar-refractivity contribution is 5.70. The smallest absolute Gasteiger partial charge is 0.308 e. The molecule has 0 spiro atoms. The molecule has 24 heavy (non-hydrogen) atoms. The fourth-order valence-electron chi connectivity index (χ4n) is 2.67. The van der Waals surface area contributed by atoms with Crippen LogP contribution in [0.25, 0.3) is 0 Å². The Morgan fingerprint density at radius 3 is 2.21 bits per heavy atom. The van der Waals surface area contributed by atoms with Crippen molar-refractivity contribution in [3.05, 3.63) is 71.8 Å². The Labute approximate surface area is 143 Å². The van der Waals surface area contributed by atoms with Gasteiger partial charge in [0.1, 0.15) is 0 Å². The Hall–Kier alpha value is -2.17. The molecule has 2 aromatic carbocycles. The van der Waals surface area contributed by atoms with Crippen LogP contribution in [0, 0.1) is 5.92 Å². The van der Waals surface area contributed by atoms with Crippen LogP contribution in [-0.4, -0.2) is 17.1 Å². The maximum absolute atomic E-state index is 11.5. The standard InChI is InChI=1S/C20H25NO3/c1-16(21-24-15-18-11-6-3-7-12-18)19(20(22)23)14-8-13-17-9-4-2-5-10-17/h2-7,9-12,16,19,21H,8,13-15H2,1H3,(H,22,23). The van der Waals surface area contributed by atoms with Crippen molar-refractivity contribution in [3.63, 3.8) is 0 Å². The van der Waals surface area contributed by atoms with Crippen molar-refractivity contribution < 1.29 is 14.7 Å². The molecule has 4 heteroatoms. The summed E-state index contributed by atoms with van der Waals surface area (Å²) in [5.74, 6) is -1.25.